The number of nitrogens with two attached hydrogens (primary N) is 1. The van der Waals surface area contributed by atoms with E-state index in [1.807, 2.05) is 54.6 Å². The van der Waals surface area contributed by atoms with E-state index in [0.717, 1.165) is 11.3 Å². The second kappa shape index (κ2) is 11.3. The third-order valence-electron chi connectivity index (χ3n) is 5.15. The number of rotatable bonds is 9. The maximum absolute atomic E-state index is 12.4. The molecule has 0 aliphatic carbocycles. The molecule has 0 radical (unpaired) electrons. The molecule has 1 aliphatic heterocycles. The number of hydrogen-bond donors (Lipinski definition) is 1. The first kappa shape index (κ1) is 23.3. The molecule has 4 rings (SSSR count). The molecule has 3 aromatic carbocycles. The van der Waals surface area contributed by atoms with Gasteiger partial charge in [0.2, 0.25) is 0 Å². The summed E-state index contributed by atoms with van der Waals surface area (Å²) in [5.41, 5.74) is 8.87. The van der Waals surface area contributed by atoms with Crippen LogP contribution in [0.25, 0.3) is 0 Å². The fourth-order valence-electron chi connectivity index (χ4n) is 3.42. The molecule has 0 bridgehead atoms. The van der Waals surface area contributed by atoms with E-state index in [-0.39, 0.29) is 11.8 Å². The third-order valence-corrected chi connectivity index (χ3v) is 6.00. The van der Waals surface area contributed by atoms with E-state index in [9.17, 15) is 9.59 Å². The molecule has 2 N–H and O–H groups in total. The molecule has 1 aliphatic rings. The highest BCUT2D eigenvalue weighted by Crippen LogP contribution is 2.22. The van der Waals surface area contributed by atoms with Gasteiger partial charge in [0.05, 0.1) is 23.9 Å². The van der Waals surface area contributed by atoms with E-state index in [1.54, 1.807) is 30.5 Å². The Kier molecular flexibility index (Phi) is 7.72. The van der Waals surface area contributed by atoms with Crippen LogP contribution < -0.4 is 10.5 Å². The van der Waals surface area contributed by atoms with Gasteiger partial charge in [-0.3, -0.25) is 14.5 Å². The first-order chi connectivity index (χ1) is 16.6. The van der Waals surface area contributed by atoms with Crippen molar-refractivity contribution < 1.29 is 14.3 Å². The van der Waals surface area contributed by atoms with E-state index >= 15 is 0 Å². The highest BCUT2D eigenvalue weighted by atomic mass is 32.2. The predicted molar refractivity (Wildman–Crippen MR) is 135 cm³/mol. The number of nitrogens with zero attached hydrogens (tertiary/aromatic N) is 3. The van der Waals surface area contributed by atoms with E-state index < -0.39 is 0 Å². The molecular formula is C26H24N4O3S. The van der Waals surface area contributed by atoms with Crippen LogP contribution in [0.5, 0.6) is 5.75 Å². The van der Waals surface area contributed by atoms with Crippen molar-refractivity contribution in [2.45, 2.75) is 12.2 Å². The Bertz CT molecular complexity index is 1180. The third kappa shape index (κ3) is 5.90. The lowest BCUT2D eigenvalue weighted by molar-refractivity contribution is 0.0646. The largest absolute Gasteiger partial charge is 0.494 e. The summed E-state index contributed by atoms with van der Waals surface area (Å²) in [5.74, 6) is 0.947. The second-order valence-electron chi connectivity index (χ2n) is 7.54. The molecule has 0 fully saturated rings. The van der Waals surface area contributed by atoms with Crippen LogP contribution >= 0.6 is 11.8 Å². The van der Waals surface area contributed by atoms with Crippen molar-refractivity contribution in [1.82, 2.24) is 4.90 Å². The van der Waals surface area contributed by atoms with Crippen LogP contribution in [0.4, 0.5) is 0 Å². The van der Waals surface area contributed by atoms with Gasteiger partial charge in [0.1, 0.15) is 5.75 Å². The van der Waals surface area contributed by atoms with Crippen molar-refractivity contribution in [1.29, 1.82) is 0 Å². The minimum absolute atomic E-state index is 0.244. The Morgan fingerprint density at radius 3 is 2.24 bits per heavy atom. The molecule has 0 saturated carbocycles. The summed E-state index contributed by atoms with van der Waals surface area (Å²) in [5, 5.41) is 8.46. The first-order valence-electron chi connectivity index (χ1n) is 10.8. The van der Waals surface area contributed by atoms with Gasteiger partial charge in [-0.05, 0) is 53.9 Å². The fraction of sp³-hybridized carbons (Fsp3) is 0.154. The number of imide groups is 1. The van der Waals surface area contributed by atoms with Crippen molar-refractivity contribution in [3.63, 3.8) is 0 Å². The Labute approximate surface area is 202 Å². The number of carbonyl (C=O) groups excluding carboxylic acids is 2. The molecule has 3 aromatic rings. The van der Waals surface area contributed by atoms with Gasteiger partial charge in [0, 0.05) is 12.3 Å². The lowest BCUT2D eigenvalue weighted by Gasteiger charge is -2.14. The van der Waals surface area contributed by atoms with Gasteiger partial charge >= 0.3 is 0 Å². The van der Waals surface area contributed by atoms with E-state index in [1.165, 1.54) is 22.2 Å². The lowest BCUT2D eigenvalue weighted by atomic mass is 10.1. The molecule has 0 atom stereocenters. The van der Waals surface area contributed by atoms with Crippen LogP contribution in [0.2, 0.25) is 0 Å². The number of fused-ring (bicyclic) bond motifs is 1. The molecule has 1 heterocycles. The molecule has 34 heavy (non-hydrogen) atoms. The molecule has 2 amide bonds. The molecular weight excluding hydrogens is 448 g/mol. The van der Waals surface area contributed by atoms with E-state index in [4.69, 9.17) is 10.5 Å². The van der Waals surface area contributed by atoms with Crippen LogP contribution in [-0.2, 0) is 5.75 Å². The van der Waals surface area contributed by atoms with Crippen molar-refractivity contribution in [3.05, 3.63) is 101 Å². The van der Waals surface area contributed by atoms with Gasteiger partial charge in [0.15, 0.2) is 5.17 Å². The zero-order valence-electron chi connectivity index (χ0n) is 18.5. The number of thioether (sulfide) groups is 1. The van der Waals surface area contributed by atoms with Crippen molar-refractivity contribution >= 4 is 35.0 Å². The van der Waals surface area contributed by atoms with Gasteiger partial charge in [-0.1, -0.05) is 54.2 Å². The summed E-state index contributed by atoms with van der Waals surface area (Å²) < 4.78 is 5.74. The SMILES string of the molecule is NC(=NN=Cc1ccc(OCCCN2C(=O)c3ccccc3C2=O)cc1)SCc1ccccc1. The lowest BCUT2D eigenvalue weighted by Crippen LogP contribution is -2.31. The van der Waals surface area contributed by atoms with Gasteiger partial charge in [-0.2, -0.15) is 5.10 Å². The Balaban J connectivity index is 1.19. The van der Waals surface area contributed by atoms with Crippen molar-refractivity contribution in [2.24, 2.45) is 15.9 Å². The van der Waals surface area contributed by atoms with Crippen LogP contribution in [0.15, 0.2) is 89.1 Å². The summed E-state index contributed by atoms with van der Waals surface area (Å²) >= 11 is 1.43. The molecule has 172 valence electrons. The maximum Gasteiger partial charge on any atom is 0.261 e. The molecule has 0 unspecified atom stereocenters. The number of hydrogen-bond acceptors (Lipinski definition) is 6. The zero-order chi connectivity index (χ0) is 23.8. The molecule has 0 aromatic heterocycles. The zero-order valence-corrected chi connectivity index (χ0v) is 19.3. The topological polar surface area (TPSA) is 97.3 Å². The fourth-order valence-corrected chi connectivity index (χ4v) is 4.03. The first-order valence-corrected chi connectivity index (χ1v) is 11.8. The highest BCUT2D eigenvalue weighted by Gasteiger charge is 2.34. The number of amidine groups is 1. The van der Waals surface area contributed by atoms with Crippen LogP contribution in [0, 0.1) is 0 Å². The van der Waals surface area contributed by atoms with E-state index in [0.29, 0.717) is 41.6 Å². The Hall–Kier alpha value is -3.91. The number of carbonyl (C=O) groups is 2. The van der Waals surface area contributed by atoms with Crippen LogP contribution in [0.3, 0.4) is 0 Å². The molecule has 8 heteroatoms. The molecule has 0 spiro atoms. The Morgan fingerprint density at radius 1 is 0.912 bits per heavy atom. The maximum atomic E-state index is 12.4. The smallest absolute Gasteiger partial charge is 0.261 e. The minimum atomic E-state index is -0.244. The van der Waals surface area contributed by atoms with Crippen molar-refractivity contribution in [2.75, 3.05) is 13.2 Å². The second-order valence-corrected chi connectivity index (χ2v) is 8.53. The minimum Gasteiger partial charge on any atom is -0.494 e. The van der Waals surface area contributed by atoms with Gasteiger partial charge in [0.25, 0.3) is 11.8 Å². The molecule has 7 nitrogen and oxygen atoms in total. The summed E-state index contributed by atoms with van der Waals surface area (Å²) in [6.45, 7) is 0.707. The number of benzene rings is 3. The summed E-state index contributed by atoms with van der Waals surface area (Å²) in [4.78, 5) is 26.0. The standard InChI is InChI=1S/C26H24N4O3S/c27-26(34-18-20-7-2-1-3-8-20)29-28-17-19-11-13-21(14-12-19)33-16-6-15-30-24(31)22-9-4-5-10-23(22)25(30)32/h1-5,7-14,17H,6,15-16,18H2,(H2,27,29). The normalized spacial score (nSPS) is 13.5. The number of ether oxygens (including phenoxy) is 1. The average Bonchev–Trinajstić information content (AvgIpc) is 3.12. The monoisotopic (exact) mass is 472 g/mol. The summed E-state index contributed by atoms with van der Waals surface area (Å²) in [7, 11) is 0. The Morgan fingerprint density at radius 2 is 1.56 bits per heavy atom. The van der Waals surface area contributed by atoms with Gasteiger partial charge in [-0.25, -0.2) is 0 Å². The highest BCUT2D eigenvalue weighted by molar-refractivity contribution is 8.13. The number of amides is 2. The predicted octanol–water partition coefficient (Wildman–Crippen LogP) is 4.33. The van der Waals surface area contributed by atoms with E-state index in [2.05, 4.69) is 10.2 Å². The quantitative estimate of drug-likeness (QED) is 0.164. The average molecular weight is 473 g/mol. The van der Waals surface area contributed by atoms with Crippen molar-refractivity contribution in [3.8, 4) is 5.75 Å². The van der Waals surface area contributed by atoms with Crippen LogP contribution in [-0.4, -0.2) is 41.2 Å². The van der Waals surface area contributed by atoms with Crippen LogP contribution in [0.1, 0.15) is 38.3 Å². The summed E-state index contributed by atoms with van der Waals surface area (Å²) in [6.07, 6.45) is 2.17. The summed E-state index contributed by atoms with van der Waals surface area (Å²) in [6, 6.07) is 24.3. The van der Waals surface area contributed by atoms with Gasteiger partial charge < -0.3 is 10.5 Å². The van der Waals surface area contributed by atoms with Gasteiger partial charge in [-0.15, -0.1) is 5.10 Å². The molecule has 0 saturated heterocycles.